The van der Waals surface area contributed by atoms with Crippen molar-refractivity contribution in [3.05, 3.63) is 40.6 Å². The number of carbonyl (C=O) groups excluding carboxylic acids is 2. The predicted octanol–water partition coefficient (Wildman–Crippen LogP) is 2.78. The standard InChI is InChI=1S/C14H14ClNO4/c1-8-4-5-11(10(15)6-8)16-7-9-12(17)19-14(2,3)20-13(9)18/h4-7,16H,1-3H3. The molecule has 0 atom stereocenters. The first-order chi connectivity index (χ1) is 9.28. The third kappa shape index (κ3) is 3.11. The summed E-state index contributed by atoms with van der Waals surface area (Å²) in [6, 6.07) is 5.37. The van der Waals surface area contributed by atoms with Crippen molar-refractivity contribution in [3.8, 4) is 0 Å². The summed E-state index contributed by atoms with van der Waals surface area (Å²) in [6.45, 7) is 4.89. The lowest BCUT2D eigenvalue weighted by atomic mass is 10.2. The molecule has 0 amide bonds. The van der Waals surface area contributed by atoms with Gasteiger partial charge in [-0.15, -0.1) is 0 Å². The van der Waals surface area contributed by atoms with Crippen molar-refractivity contribution >= 4 is 29.2 Å². The Kier molecular flexibility index (Phi) is 3.72. The predicted molar refractivity (Wildman–Crippen MR) is 74.2 cm³/mol. The van der Waals surface area contributed by atoms with Crippen LogP contribution in [0.25, 0.3) is 0 Å². The average Bonchev–Trinajstić information content (AvgIpc) is 2.28. The number of hydrogen-bond acceptors (Lipinski definition) is 5. The van der Waals surface area contributed by atoms with Crippen molar-refractivity contribution in [3.63, 3.8) is 0 Å². The zero-order valence-electron chi connectivity index (χ0n) is 11.3. The lowest BCUT2D eigenvalue weighted by Gasteiger charge is -2.29. The molecular formula is C14H14ClNO4. The highest BCUT2D eigenvalue weighted by Crippen LogP contribution is 2.25. The molecule has 1 heterocycles. The summed E-state index contributed by atoms with van der Waals surface area (Å²) < 4.78 is 9.94. The van der Waals surface area contributed by atoms with E-state index in [9.17, 15) is 9.59 Å². The zero-order valence-corrected chi connectivity index (χ0v) is 12.1. The van der Waals surface area contributed by atoms with E-state index in [1.165, 1.54) is 20.0 Å². The van der Waals surface area contributed by atoms with E-state index in [-0.39, 0.29) is 5.57 Å². The lowest BCUT2D eigenvalue weighted by Crippen LogP contribution is -2.42. The Labute approximate surface area is 121 Å². The van der Waals surface area contributed by atoms with Crippen LogP contribution in [0.2, 0.25) is 5.02 Å². The molecule has 1 aliphatic rings. The van der Waals surface area contributed by atoms with Crippen LogP contribution in [0, 0.1) is 6.92 Å². The van der Waals surface area contributed by atoms with E-state index in [1.807, 2.05) is 13.0 Å². The van der Waals surface area contributed by atoms with E-state index in [2.05, 4.69) is 5.32 Å². The maximum Gasteiger partial charge on any atom is 0.350 e. The number of benzene rings is 1. The number of nitrogens with one attached hydrogen (secondary N) is 1. The fourth-order valence-electron chi connectivity index (χ4n) is 1.67. The van der Waals surface area contributed by atoms with Gasteiger partial charge < -0.3 is 14.8 Å². The Balaban J connectivity index is 2.19. The van der Waals surface area contributed by atoms with Crippen molar-refractivity contribution in [2.24, 2.45) is 0 Å². The first kappa shape index (κ1) is 14.4. The van der Waals surface area contributed by atoms with E-state index >= 15 is 0 Å². The summed E-state index contributed by atoms with van der Waals surface area (Å²) in [5, 5.41) is 3.29. The van der Waals surface area contributed by atoms with Crippen LogP contribution >= 0.6 is 11.6 Å². The van der Waals surface area contributed by atoms with Gasteiger partial charge in [0.1, 0.15) is 0 Å². The molecule has 0 radical (unpaired) electrons. The first-order valence-corrected chi connectivity index (χ1v) is 6.36. The highest BCUT2D eigenvalue weighted by Gasteiger charge is 2.38. The monoisotopic (exact) mass is 295 g/mol. The first-order valence-electron chi connectivity index (χ1n) is 5.98. The number of aryl methyl sites for hydroxylation is 1. The fraction of sp³-hybridized carbons (Fsp3) is 0.286. The Morgan fingerprint density at radius 3 is 2.35 bits per heavy atom. The van der Waals surface area contributed by atoms with Crippen LogP contribution in [-0.4, -0.2) is 17.7 Å². The second kappa shape index (κ2) is 5.17. The van der Waals surface area contributed by atoms with Gasteiger partial charge in [-0.1, -0.05) is 17.7 Å². The molecule has 5 nitrogen and oxygen atoms in total. The third-order valence-corrected chi connectivity index (χ3v) is 2.93. The highest BCUT2D eigenvalue weighted by molar-refractivity contribution is 6.33. The smallest absolute Gasteiger partial charge is 0.350 e. The van der Waals surface area contributed by atoms with E-state index in [0.29, 0.717) is 10.7 Å². The third-order valence-electron chi connectivity index (χ3n) is 2.61. The summed E-state index contributed by atoms with van der Waals surface area (Å²) in [6.07, 6.45) is 1.23. The van der Waals surface area contributed by atoms with Gasteiger partial charge in [0.05, 0.1) is 10.7 Å². The number of hydrogen-bond donors (Lipinski definition) is 1. The Bertz CT molecular complexity index is 585. The fourth-order valence-corrected chi connectivity index (χ4v) is 1.96. The molecule has 20 heavy (non-hydrogen) atoms. The number of esters is 2. The van der Waals surface area contributed by atoms with Gasteiger partial charge in [0.2, 0.25) is 0 Å². The van der Waals surface area contributed by atoms with Gasteiger partial charge in [0.25, 0.3) is 5.79 Å². The largest absolute Gasteiger partial charge is 0.419 e. The topological polar surface area (TPSA) is 64.6 Å². The summed E-state index contributed by atoms with van der Waals surface area (Å²) >= 11 is 6.04. The highest BCUT2D eigenvalue weighted by atomic mass is 35.5. The molecule has 1 aliphatic heterocycles. The molecule has 1 aromatic carbocycles. The molecule has 0 aliphatic carbocycles. The zero-order chi connectivity index (χ0) is 14.9. The molecule has 0 saturated carbocycles. The molecule has 0 spiro atoms. The number of anilines is 1. The Hall–Kier alpha value is -2.01. The van der Waals surface area contributed by atoms with E-state index in [0.717, 1.165) is 5.56 Å². The summed E-state index contributed by atoms with van der Waals surface area (Å²) in [5.41, 5.74) is 1.38. The van der Waals surface area contributed by atoms with Crippen LogP contribution in [0.5, 0.6) is 0 Å². The van der Waals surface area contributed by atoms with Gasteiger partial charge in [-0.05, 0) is 24.6 Å². The molecule has 0 unspecified atom stereocenters. The molecule has 1 aromatic rings. The second-order valence-electron chi connectivity index (χ2n) is 4.86. The summed E-state index contributed by atoms with van der Waals surface area (Å²) in [7, 11) is 0. The van der Waals surface area contributed by atoms with E-state index in [4.69, 9.17) is 21.1 Å². The van der Waals surface area contributed by atoms with Crippen molar-refractivity contribution in [1.29, 1.82) is 0 Å². The van der Waals surface area contributed by atoms with Gasteiger partial charge in [-0.25, -0.2) is 9.59 Å². The van der Waals surface area contributed by atoms with E-state index in [1.54, 1.807) is 12.1 Å². The lowest BCUT2D eigenvalue weighted by molar-refractivity contribution is -0.222. The SMILES string of the molecule is Cc1ccc(NC=C2C(=O)OC(C)(C)OC2=O)c(Cl)c1. The molecule has 2 rings (SSSR count). The van der Waals surface area contributed by atoms with Crippen molar-refractivity contribution < 1.29 is 19.1 Å². The Morgan fingerprint density at radius 1 is 1.20 bits per heavy atom. The van der Waals surface area contributed by atoms with Gasteiger partial charge in [0.15, 0.2) is 5.57 Å². The van der Waals surface area contributed by atoms with Gasteiger partial charge >= 0.3 is 11.9 Å². The molecule has 1 N–H and O–H groups in total. The number of carbonyl (C=O) groups is 2. The number of halogens is 1. The van der Waals surface area contributed by atoms with Gasteiger partial charge in [0, 0.05) is 20.0 Å². The molecule has 1 saturated heterocycles. The maximum absolute atomic E-state index is 11.7. The van der Waals surface area contributed by atoms with Crippen LogP contribution in [0.15, 0.2) is 30.0 Å². The quantitative estimate of drug-likeness (QED) is 0.516. The van der Waals surface area contributed by atoms with Crippen molar-refractivity contribution in [1.82, 2.24) is 0 Å². The van der Waals surface area contributed by atoms with Crippen LogP contribution in [0.4, 0.5) is 5.69 Å². The molecular weight excluding hydrogens is 282 g/mol. The van der Waals surface area contributed by atoms with Crippen LogP contribution in [0.3, 0.4) is 0 Å². The maximum atomic E-state index is 11.7. The van der Waals surface area contributed by atoms with Crippen LogP contribution in [0.1, 0.15) is 19.4 Å². The van der Waals surface area contributed by atoms with Gasteiger partial charge in [-0.3, -0.25) is 0 Å². The number of ether oxygens (including phenoxy) is 2. The second-order valence-corrected chi connectivity index (χ2v) is 5.27. The molecule has 106 valence electrons. The molecule has 6 heteroatoms. The summed E-state index contributed by atoms with van der Waals surface area (Å²) in [5.74, 6) is -2.71. The minimum absolute atomic E-state index is 0.207. The molecule has 0 aromatic heterocycles. The van der Waals surface area contributed by atoms with Crippen LogP contribution in [-0.2, 0) is 19.1 Å². The average molecular weight is 296 g/mol. The molecule has 1 fully saturated rings. The Morgan fingerprint density at radius 2 is 1.80 bits per heavy atom. The number of cyclic esters (lactones) is 2. The minimum atomic E-state index is -1.24. The number of rotatable bonds is 2. The molecule has 0 bridgehead atoms. The van der Waals surface area contributed by atoms with Crippen LogP contribution < -0.4 is 5.32 Å². The normalized spacial score (nSPS) is 17.3. The van der Waals surface area contributed by atoms with Gasteiger partial charge in [-0.2, -0.15) is 0 Å². The van der Waals surface area contributed by atoms with Crippen molar-refractivity contribution in [2.45, 2.75) is 26.6 Å². The van der Waals surface area contributed by atoms with Crippen molar-refractivity contribution in [2.75, 3.05) is 5.32 Å². The minimum Gasteiger partial charge on any atom is -0.419 e. The van der Waals surface area contributed by atoms with E-state index < -0.39 is 17.7 Å². The summed E-state index contributed by atoms with van der Waals surface area (Å²) in [4.78, 5) is 23.4.